The smallest absolute Gasteiger partial charge is 0.404 e. The summed E-state index contributed by atoms with van der Waals surface area (Å²) in [6, 6.07) is 2.25. The van der Waals surface area contributed by atoms with E-state index in [4.69, 9.17) is 9.84 Å². The first kappa shape index (κ1) is 22.5. The molecule has 0 radical (unpaired) electrons. The second-order valence-corrected chi connectivity index (χ2v) is 8.07. The molecule has 4 N–H and O–H groups in total. The van der Waals surface area contributed by atoms with Crippen LogP contribution in [0.3, 0.4) is 0 Å². The molecular weight excluding hydrogens is 431 g/mol. The van der Waals surface area contributed by atoms with Gasteiger partial charge in [0, 0.05) is 19.1 Å². The Bertz CT molecular complexity index is 1040. The number of carbonyl (C=O) groups is 1. The molecule has 3 heterocycles. The van der Waals surface area contributed by atoms with E-state index in [2.05, 4.69) is 30.9 Å². The van der Waals surface area contributed by atoms with Gasteiger partial charge in [-0.1, -0.05) is 0 Å². The van der Waals surface area contributed by atoms with Crippen LogP contribution in [0.4, 0.5) is 32.5 Å². The Balaban J connectivity index is 1.52. The first-order valence-electron chi connectivity index (χ1n) is 10.7. The number of nitriles is 1. The lowest BCUT2D eigenvalue weighted by Crippen LogP contribution is -2.45. The topological polar surface area (TPSA) is 148 Å². The number of morpholine rings is 1. The molecule has 0 unspecified atom stereocenters. The first-order valence-corrected chi connectivity index (χ1v) is 10.7. The van der Waals surface area contributed by atoms with Gasteiger partial charge in [0.2, 0.25) is 5.95 Å². The number of nitrogens with one attached hydrogen (secondary N) is 3. The van der Waals surface area contributed by atoms with E-state index in [0.717, 1.165) is 18.9 Å². The van der Waals surface area contributed by atoms with Crippen LogP contribution in [0.25, 0.3) is 0 Å². The van der Waals surface area contributed by atoms with Crippen molar-refractivity contribution in [2.45, 2.75) is 31.8 Å². The van der Waals surface area contributed by atoms with E-state index < -0.39 is 18.0 Å². The minimum Gasteiger partial charge on any atom is -0.465 e. The molecule has 1 saturated carbocycles. The van der Waals surface area contributed by atoms with Gasteiger partial charge in [-0.05, 0) is 31.7 Å². The Morgan fingerprint density at radius 3 is 2.61 bits per heavy atom. The molecule has 0 spiro atoms. The van der Waals surface area contributed by atoms with Crippen LogP contribution in [0, 0.1) is 23.1 Å². The molecule has 0 aromatic carbocycles. The molecule has 1 amide bonds. The zero-order chi connectivity index (χ0) is 23.4. The summed E-state index contributed by atoms with van der Waals surface area (Å²) in [6.07, 6.45) is 3.83. The summed E-state index contributed by atoms with van der Waals surface area (Å²) in [5.74, 6) is 0.187. The van der Waals surface area contributed by atoms with Crippen LogP contribution in [0.2, 0.25) is 0 Å². The summed E-state index contributed by atoms with van der Waals surface area (Å²) < 4.78 is 20.0. The number of aromatic nitrogens is 3. The van der Waals surface area contributed by atoms with Crippen molar-refractivity contribution in [2.24, 2.45) is 5.92 Å². The minimum absolute atomic E-state index is 0.0231. The highest BCUT2D eigenvalue weighted by atomic mass is 19.1. The quantitative estimate of drug-likeness (QED) is 0.466. The molecule has 1 aliphatic heterocycles. The third kappa shape index (κ3) is 5.56. The van der Waals surface area contributed by atoms with E-state index in [1.807, 2.05) is 11.0 Å². The summed E-state index contributed by atoms with van der Waals surface area (Å²) in [4.78, 5) is 26.1. The van der Waals surface area contributed by atoms with Gasteiger partial charge in [-0.15, -0.1) is 0 Å². The highest BCUT2D eigenvalue weighted by Gasteiger charge is 2.36. The van der Waals surface area contributed by atoms with E-state index in [1.165, 1.54) is 0 Å². The molecule has 2 atom stereocenters. The average molecular weight is 456 g/mol. The highest BCUT2D eigenvalue weighted by Crippen LogP contribution is 2.36. The number of halogens is 1. The molecular formula is C21H25FN8O3. The summed E-state index contributed by atoms with van der Waals surface area (Å²) in [5, 5.41) is 26.9. The maximum atomic E-state index is 14.7. The van der Waals surface area contributed by atoms with Crippen LogP contribution in [-0.2, 0) is 4.74 Å². The van der Waals surface area contributed by atoms with Gasteiger partial charge < -0.3 is 30.7 Å². The van der Waals surface area contributed by atoms with Crippen molar-refractivity contribution in [1.29, 1.82) is 5.26 Å². The second-order valence-electron chi connectivity index (χ2n) is 8.07. The lowest BCUT2D eigenvalue weighted by Gasteiger charge is -2.26. The predicted octanol–water partition coefficient (Wildman–Crippen LogP) is 2.31. The Morgan fingerprint density at radius 2 is 2.00 bits per heavy atom. The fourth-order valence-electron chi connectivity index (χ4n) is 3.77. The molecule has 0 bridgehead atoms. The lowest BCUT2D eigenvalue weighted by atomic mass is 10.0. The highest BCUT2D eigenvalue weighted by molar-refractivity contribution is 5.66. The number of hydrogen-bond acceptors (Lipinski definition) is 9. The normalized spacial score (nSPS) is 17.5. The largest absolute Gasteiger partial charge is 0.465 e. The minimum atomic E-state index is -1.15. The number of carboxylic acid groups (broad SMARTS) is 1. The van der Waals surface area contributed by atoms with E-state index in [-0.39, 0.29) is 29.2 Å². The molecule has 1 saturated heterocycles. The first-order chi connectivity index (χ1) is 15.9. The van der Waals surface area contributed by atoms with Crippen molar-refractivity contribution in [1.82, 2.24) is 20.3 Å². The Labute approximate surface area is 190 Å². The fraction of sp³-hybridized carbons (Fsp3) is 0.476. The second kappa shape index (κ2) is 9.83. The third-order valence-corrected chi connectivity index (χ3v) is 5.61. The van der Waals surface area contributed by atoms with E-state index in [0.29, 0.717) is 37.9 Å². The molecule has 33 heavy (non-hydrogen) atoms. The van der Waals surface area contributed by atoms with Crippen LogP contribution in [0.1, 0.15) is 25.3 Å². The van der Waals surface area contributed by atoms with Crippen molar-refractivity contribution in [3.63, 3.8) is 0 Å². The molecule has 11 nitrogen and oxygen atoms in total. The standard InChI is InChI=1S/C21H25FN8O3/c1-12(26-21(31)32)17(13-2-3-13)28-19-16(22)8-14(9-23)18(29-19)27-15-10-24-20(25-11-15)30-4-6-33-7-5-30/h8,10-13,17,26H,2-7H2,1H3,(H,31,32)(H2,27,28,29)/t12-,17-/m0/s1. The molecule has 2 fully saturated rings. The van der Waals surface area contributed by atoms with Crippen molar-refractivity contribution < 1.29 is 19.0 Å². The van der Waals surface area contributed by atoms with E-state index in [1.54, 1.807) is 19.3 Å². The molecule has 2 aliphatic rings. The molecule has 12 heteroatoms. The van der Waals surface area contributed by atoms with E-state index >= 15 is 0 Å². The Hall–Kier alpha value is -3.72. The van der Waals surface area contributed by atoms with Crippen LogP contribution in [-0.4, -0.2) is 64.5 Å². The number of anilines is 4. The van der Waals surface area contributed by atoms with Crippen molar-refractivity contribution in [3.05, 3.63) is 29.8 Å². The van der Waals surface area contributed by atoms with Gasteiger partial charge in [0.15, 0.2) is 17.5 Å². The van der Waals surface area contributed by atoms with Crippen LogP contribution >= 0.6 is 0 Å². The summed E-state index contributed by atoms with van der Waals surface area (Å²) in [6.45, 7) is 4.37. The molecule has 4 rings (SSSR count). The monoisotopic (exact) mass is 456 g/mol. The lowest BCUT2D eigenvalue weighted by molar-refractivity contribution is 0.122. The number of pyridine rings is 1. The van der Waals surface area contributed by atoms with Crippen molar-refractivity contribution in [2.75, 3.05) is 41.8 Å². The SMILES string of the molecule is C[C@H](NC(=O)O)[C@H](Nc1nc(Nc2cnc(N3CCOCC3)nc2)c(C#N)cc1F)C1CC1. The van der Waals surface area contributed by atoms with Crippen LogP contribution < -0.4 is 20.9 Å². The fourth-order valence-corrected chi connectivity index (χ4v) is 3.77. The number of rotatable bonds is 8. The molecule has 2 aromatic rings. The zero-order valence-corrected chi connectivity index (χ0v) is 18.1. The van der Waals surface area contributed by atoms with Gasteiger partial charge in [0.1, 0.15) is 6.07 Å². The maximum absolute atomic E-state index is 14.7. The van der Waals surface area contributed by atoms with Gasteiger partial charge >= 0.3 is 6.09 Å². The molecule has 1 aliphatic carbocycles. The van der Waals surface area contributed by atoms with Gasteiger partial charge in [0.25, 0.3) is 0 Å². The van der Waals surface area contributed by atoms with Gasteiger partial charge in [-0.3, -0.25) is 0 Å². The molecule has 2 aromatic heterocycles. The van der Waals surface area contributed by atoms with Crippen LogP contribution in [0.5, 0.6) is 0 Å². The number of ether oxygens (including phenoxy) is 1. The van der Waals surface area contributed by atoms with Gasteiger partial charge in [-0.2, -0.15) is 5.26 Å². The number of hydrogen-bond donors (Lipinski definition) is 4. The summed E-state index contributed by atoms with van der Waals surface area (Å²) in [5.41, 5.74) is 0.517. The van der Waals surface area contributed by atoms with Gasteiger partial charge in [0.05, 0.1) is 42.9 Å². The number of nitrogens with zero attached hydrogens (tertiary/aromatic N) is 5. The predicted molar refractivity (Wildman–Crippen MR) is 118 cm³/mol. The Morgan fingerprint density at radius 1 is 1.30 bits per heavy atom. The average Bonchev–Trinajstić information content (AvgIpc) is 3.65. The Kier molecular flexibility index (Phi) is 6.69. The van der Waals surface area contributed by atoms with Gasteiger partial charge in [-0.25, -0.2) is 24.1 Å². The molecule has 174 valence electrons. The third-order valence-electron chi connectivity index (χ3n) is 5.61. The van der Waals surface area contributed by atoms with E-state index in [9.17, 15) is 14.4 Å². The van der Waals surface area contributed by atoms with Crippen LogP contribution in [0.15, 0.2) is 18.5 Å². The maximum Gasteiger partial charge on any atom is 0.404 e. The summed E-state index contributed by atoms with van der Waals surface area (Å²) in [7, 11) is 0. The van der Waals surface area contributed by atoms with Crippen molar-refractivity contribution >= 4 is 29.4 Å². The number of amides is 1. The zero-order valence-electron chi connectivity index (χ0n) is 18.1. The summed E-state index contributed by atoms with van der Waals surface area (Å²) >= 11 is 0. The van der Waals surface area contributed by atoms with Crippen molar-refractivity contribution in [3.8, 4) is 6.07 Å².